The summed E-state index contributed by atoms with van der Waals surface area (Å²) in [6.45, 7) is 2.95. The van der Waals surface area contributed by atoms with Gasteiger partial charge >= 0.3 is 0 Å². The molecule has 4 aromatic rings. The summed E-state index contributed by atoms with van der Waals surface area (Å²) >= 11 is 1.54. The molecular formula is C22H25N7O2S. The quantitative estimate of drug-likeness (QED) is 0.334. The van der Waals surface area contributed by atoms with Crippen molar-refractivity contribution in [1.29, 1.82) is 0 Å². The molecule has 2 heterocycles. The first kappa shape index (κ1) is 21.8. The summed E-state index contributed by atoms with van der Waals surface area (Å²) in [6.07, 6.45) is 2.11. The Kier molecular flexibility index (Phi) is 7.00. The van der Waals surface area contributed by atoms with Crippen LogP contribution >= 0.6 is 11.8 Å². The number of hydrogen-bond donors (Lipinski definition) is 0. The number of aryl methyl sites for hydroxylation is 1. The van der Waals surface area contributed by atoms with Crippen molar-refractivity contribution in [3.05, 3.63) is 54.4 Å². The molecule has 0 atom stereocenters. The van der Waals surface area contributed by atoms with Crippen molar-refractivity contribution in [3.8, 4) is 28.6 Å². The maximum absolute atomic E-state index is 5.57. The number of nitrogens with zero attached hydrogens (tertiary/aromatic N) is 7. The summed E-state index contributed by atoms with van der Waals surface area (Å²) in [7, 11) is 3.30. The molecule has 0 saturated carbocycles. The van der Waals surface area contributed by atoms with Crippen LogP contribution in [-0.2, 0) is 12.3 Å². The summed E-state index contributed by atoms with van der Waals surface area (Å²) in [5, 5.41) is 21.9. The second-order valence-corrected chi connectivity index (χ2v) is 7.94. The fraction of sp³-hybridized carbons (Fsp3) is 0.318. The van der Waals surface area contributed by atoms with Crippen LogP contribution in [0.1, 0.15) is 25.6 Å². The maximum Gasteiger partial charge on any atom is 0.196 e. The van der Waals surface area contributed by atoms with Crippen LogP contribution in [0, 0.1) is 0 Å². The zero-order chi connectivity index (χ0) is 22.3. The predicted molar refractivity (Wildman–Crippen MR) is 122 cm³/mol. The second kappa shape index (κ2) is 10.3. The van der Waals surface area contributed by atoms with Gasteiger partial charge in [-0.2, -0.15) is 0 Å². The van der Waals surface area contributed by atoms with Gasteiger partial charge in [0.2, 0.25) is 0 Å². The van der Waals surface area contributed by atoms with Crippen LogP contribution in [0.5, 0.6) is 11.5 Å². The first-order valence-electron chi connectivity index (χ1n) is 10.4. The topological polar surface area (TPSA) is 92.8 Å². The maximum atomic E-state index is 5.57. The highest BCUT2D eigenvalue weighted by molar-refractivity contribution is 7.98. The number of para-hydroxylation sites is 1. The molecule has 4 rings (SSSR count). The van der Waals surface area contributed by atoms with Gasteiger partial charge in [0.15, 0.2) is 16.8 Å². The summed E-state index contributed by atoms with van der Waals surface area (Å²) in [4.78, 5) is 0. The van der Waals surface area contributed by atoms with Gasteiger partial charge in [-0.05, 0) is 53.2 Å². The SMILES string of the molecule is CCCCn1nnnc1CSc1nnc(-c2ccccc2OC)n1-c1ccc(OC)cc1. The minimum atomic E-state index is 0.580. The molecule has 0 aliphatic heterocycles. The molecule has 0 bridgehead atoms. The number of unbranched alkanes of at least 4 members (excludes halogenated alkanes) is 1. The Morgan fingerprint density at radius 1 is 0.938 bits per heavy atom. The highest BCUT2D eigenvalue weighted by Crippen LogP contribution is 2.34. The van der Waals surface area contributed by atoms with E-state index in [0.29, 0.717) is 11.6 Å². The largest absolute Gasteiger partial charge is 0.497 e. The van der Waals surface area contributed by atoms with E-state index in [-0.39, 0.29) is 0 Å². The van der Waals surface area contributed by atoms with Gasteiger partial charge in [0, 0.05) is 6.54 Å². The van der Waals surface area contributed by atoms with Gasteiger partial charge in [0.25, 0.3) is 0 Å². The lowest BCUT2D eigenvalue weighted by Gasteiger charge is -2.13. The third-order valence-corrected chi connectivity index (χ3v) is 5.90. The number of thioether (sulfide) groups is 1. The molecule has 0 unspecified atom stereocenters. The van der Waals surface area contributed by atoms with Gasteiger partial charge in [0.1, 0.15) is 11.5 Å². The molecule has 0 saturated heterocycles. The normalized spacial score (nSPS) is 11.0. The summed E-state index contributed by atoms with van der Waals surface area (Å²) in [6, 6.07) is 15.6. The van der Waals surface area contributed by atoms with E-state index in [9.17, 15) is 0 Å². The molecule has 0 spiro atoms. The molecular weight excluding hydrogens is 426 g/mol. The fourth-order valence-corrected chi connectivity index (χ4v) is 4.15. The highest BCUT2D eigenvalue weighted by atomic mass is 32.2. The Morgan fingerprint density at radius 2 is 1.75 bits per heavy atom. The highest BCUT2D eigenvalue weighted by Gasteiger charge is 2.20. The van der Waals surface area contributed by atoms with E-state index >= 15 is 0 Å². The number of methoxy groups -OCH3 is 2. The number of rotatable bonds is 10. The standard InChI is InChI=1S/C22H25N7O2S/c1-4-5-14-28-20(23-26-27-28)15-32-22-25-24-21(18-8-6-7-9-19(18)31-3)29(22)16-10-12-17(30-2)13-11-16/h6-13H,4-5,14-15H2,1-3H3. The van der Waals surface area contributed by atoms with Gasteiger partial charge < -0.3 is 9.47 Å². The van der Waals surface area contributed by atoms with Crippen molar-refractivity contribution in [2.75, 3.05) is 14.2 Å². The van der Waals surface area contributed by atoms with E-state index in [1.165, 1.54) is 0 Å². The van der Waals surface area contributed by atoms with Crippen molar-refractivity contribution >= 4 is 11.8 Å². The average Bonchev–Trinajstić information content (AvgIpc) is 3.48. The molecule has 32 heavy (non-hydrogen) atoms. The van der Waals surface area contributed by atoms with Gasteiger partial charge in [-0.3, -0.25) is 4.57 Å². The number of benzene rings is 2. The fourth-order valence-electron chi connectivity index (χ4n) is 3.27. The van der Waals surface area contributed by atoms with Crippen molar-refractivity contribution < 1.29 is 9.47 Å². The minimum absolute atomic E-state index is 0.580. The van der Waals surface area contributed by atoms with E-state index in [1.807, 2.05) is 57.8 Å². The predicted octanol–water partition coefficient (Wildman–Crippen LogP) is 4.03. The zero-order valence-electron chi connectivity index (χ0n) is 18.3. The summed E-state index contributed by atoms with van der Waals surface area (Å²) < 4.78 is 14.8. The van der Waals surface area contributed by atoms with Crippen LogP contribution in [0.2, 0.25) is 0 Å². The third-order valence-electron chi connectivity index (χ3n) is 4.97. The molecule has 0 aliphatic carbocycles. The molecule has 9 nitrogen and oxygen atoms in total. The summed E-state index contributed by atoms with van der Waals surface area (Å²) in [5.41, 5.74) is 1.78. The Balaban J connectivity index is 1.71. The van der Waals surface area contributed by atoms with Crippen LogP contribution in [0.15, 0.2) is 53.7 Å². The van der Waals surface area contributed by atoms with Crippen molar-refractivity contribution in [2.24, 2.45) is 0 Å². The number of aromatic nitrogens is 7. The molecule has 166 valence electrons. The van der Waals surface area contributed by atoms with Crippen LogP contribution in [0.25, 0.3) is 17.1 Å². The second-order valence-electron chi connectivity index (χ2n) is 7.00. The Bertz CT molecular complexity index is 1160. The van der Waals surface area contributed by atoms with Crippen LogP contribution in [0.3, 0.4) is 0 Å². The van der Waals surface area contributed by atoms with E-state index < -0.39 is 0 Å². The molecule has 0 aliphatic rings. The van der Waals surface area contributed by atoms with Crippen LogP contribution in [-0.4, -0.2) is 49.2 Å². The molecule has 0 fully saturated rings. The Morgan fingerprint density at radius 3 is 2.50 bits per heavy atom. The van der Waals surface area contributed by atoms with Crippen molar-refractivity contribution in [3.63, 3.8) is 0 Å². The third kappa shape index (κ3) is 4.59. The van der Waals surface area contributed by atoms with E-state index in [1.54, 1.807) is 26.0 Å². The monoisotopic (exact) mass is 451 g/mol. The van der Waals surface area contributed by atoms with Gasteiger partial charge in [0.05, 0.1) is 31.2 Å². The number of tetrazole rings is 1. The number of ether oxygens (including phenoxy) is 2. The van der Waals surface area contributed by atoms with E-state index in [4.69, 9.17) is 9.47 Å². The van der Waals surface area contributed by atoms with Crippen molar-refractivity contribution in [2.45, 2.75) is 37.2 Å². The lowest BCUT2D eigenvalue weighted by Crippen LogP contribution is -2.06. The smallest absolute Gasteiger partial charge is 0.196 e. The molecule has 0 radical (unpaired) electrons. The lowest BCUT2D eigenvalue weighted by atomic mass is 10.2. The first-order valence-corrected chi connectivity index (χ1v) is 11.3. The molecule has 0 N–H and O–H groups in total. The zero-order valence-corrected chi connectivity index (χ0v) is 19.1. The van der Waals surface area contributed by atoms with Gasteiger partial charge in [-0.15, -0.1) is 15.3 Å². The van der Waals surface area contributed by atoms with Crippen molar-refractivity contribution in [1.82, 2.24) is 35.0 Å². The van der Waals surface area contributed by atoms with Gasteiger partial charge in [-0.1, -0.05) is 37.2 Å². The Labute approximate surface area is 190 Å². The van der Waals surface area contributed by atoms with Crippen LogP contribution in [0.4, 0.5) is 0 Å². The Hall–Kier alpha value is -3.40. The molecule has 2 aromatic heterocycles. The molecule has 0 amide bonds. The van der Waals surface area contributed by atoms with E-state index in [2.05, 4.69) is 32.6 Å². The molecule has 2 aromatic carbocycles. The summed E-state index contributed by atoms with van der Waals surface area (Å²) in [5.74, 6) is 3.60. The van der Waals surface area contributed by atoms with E-state index in [0.717, 1.165) is 53.1 Å². The van der Waals surface area contributed by atoms with Gasteiger partial charge in [-0.25, -0.2) is 4.68 Å². The molecule has 10 heteroatoms. The minimum Gasteiger partial charge on any atom is -0.497 e. The van der Waals surface area contributed by atoms with Crippen LogP contribution < -0.4 is 9.47 Å². The first-order chi connectivity index (χ1) is 15.7. The lowest BCUT2D eigenvalue weighted by molar-refractivity contribution is 0.414. The number of hydrogen-bond acceptors (Lipinski definition) is 8. The average molecular weight is 452 g/mol.